The third-order valence-electron chi connectivity index (χ3n) is 5.20. The first-order valence-electron chi connectivity index (χ1n) is 8.47. The molecule has 5 nitrogen and oxygen atoms in total. The Morgan fingerprint density at radius 1 is 1.25 bits per heavy atom. The van der Waals surface area contributed by atoms with Crippen molar-refractivity contribution in [2.45, 2.75) is 46.1 Å². The molecule has 1 aromatic carbocycles. The zero-order valence-corrected chi connectivity index (χ0v) is 14.9. The van der Waals surface area contributed by atoms with Gasteiger partial charge in [-0.2, -0.15) is 0 Å². The largest absolute Gasteiger partial charge is 0.497 e. The number of nitrogens with zero attached hydrogens (tertiary/aromatic N) is 1. The molecule has 2 fully saturated rings. The Morgan fingerprint density at radius 3 is 2.71 bits per heavy atom. The van der Waals surface area contributed by atoms with Crippen LogP contribution >= 0.6 is 0 Å². The third kappa shape index (κ3) is 3.25. The molecule has 1 heterocycles. The van der Waals surface area contributed by atoms with Crippen LogP contribution in [0.25, 0.3) is 0 Å². The SMILES string of the molecule is COc1cccc(NC(=O)C(=O)N2CC3(C)CC2CC(C)(C)C3)c1. The summed E-state index contributed by atoms with van der Waals surface area (Å²) >= 11 is 0. The van der Waals surface area contributed by atoms with Gasteiger partial charge in [0.25, 0.3) is 0 Å². The molecule has 24 heavy (non-hydrogen) atoms. The molecule has 0 aromatic heterocycles. The van der Waals surface area contributed by atoms with Crippen LogP contribution in [0.2, 0.25) is 0 Å². The molecule has 2 unspecified atom stereocenters. The van der Waals surface area contributed by atoms with E-state index in [2.05, 4.69) is 26.1 Å². The van der Waals surface area contributed by atoms with Gasteiger partial charge in [0, 0.05) is 24.3 Å². The van der Waals surface area contributed by atoms with E-state index in [1.165, 1.54) is 0 Å². The number of nitrogens with one attached hydrogen (secondary N) is 1. The van der Waals surface area contributed by atoms with Crippen LogP contribution in [0.5, 0.6) is 5.75 Å². The predicted molar refractivity (Wildman–Crippen MR) is 92.9 cm³/mol. The first-order chi connectivity index (χ1) is 11.2. The molecular weight excluding hydrogens is 304 g/mol. The summed E-state index contributed by atoms with van der Waals surface area (Å²) in [5.74, 6) is -0.354. The molecule has 1 saturated carbocycles. The first-order valence-corrected chi connectivity index (χ1v) is 8.47. The van der Waals surface area contributed by atoms with Gasteiger partial charge in [-0.15, -0.1) is 0 Å². The van der Waals surface area contributed by atoms with Gasteiger partial charge in [-0.1, -0.05) is 26.8 Å². The number of ether oxygens (including phenoxy) is 1. The summed E-state index contributed by atoms with van der Waals surface area (Å²) in [6, 6.07) is 7.20. The Balaban J connectivity index is 1.71. The van der Waals surface area contributed by atoms with Crippen LogP contribution in [0.15, 0.2) is 24.3 Å². The van der Waals surface area contributed by atoms with Crippen LogP contribution in [0.4, 0.5) is 5.69 Å². The molecule has 2 amide bonds. The second-order valence-corrected chi connectivity index (χ2v) is 8.33. The summed E-state index contributed by atoms with van der Waals surface area (Å²) in [5, 5.41) is 2.70. The number of hydrogen-bond donors (Lipinski definition) is 1. The fourth-order valence-electron chi connectivity index (χ4n) is 4.71. The van der Waals surface area contributed by atoms with Gasteiger partial charge in [-0.05, 0) is 42.2 Å². The molecule has 1 aliphatic carbocycles. The zero-order valence-electron chi connectivity index (χ0n) is 14.9. The van der Waals surface area contributed by atoms with Crippen molar-refractivity contribution in [3.63, 3.8) is 0 Å². The summed E-state index contributed by atoms with van der Waals surface area (Å²) in [7, 11) is 1.57. The van der Waals surface area contributed by atoms with Gasteiger partial charge >= 0.3 is 11.8 Å². The topological polar surface area (TPSA) is 58.6 Å². The average molecular weight is 330 g/mol. The van der Waals surface area contributed by atoms with Gasteiger partial charge in [0.1, 0.15) is 5.75 Å². The number of fused-ring (bicyclic) bond motifs is 2. The lowest BCUT2D eigenvalue weighted by Crippen LogP contribution is -2.43. The molecule has 1 N–H and O–H groups in total. The highest BCUT2D eigenvalue weighted by atomic mass is 16.5. The highest BCUT2D eigenvalue weighted by Crippen LogP contribution is 2.52. The maximum Gasteiger partial charge on any atom is 0.313 e. The number of anilines is 1. The molecule has 1 aromatic rings. The lowest BCUT2D eigenvalue weighted by Gasteiger charge is -2.39. The molecule has 1 aliphatic heterocycles. The molecule has 5 heteroatoms. The molecule has 2 atom stereocenters. The van der Waals surface area contributed by atoms with E-state index < -0.39 is 11.8 Å². The second-order valence-electron chi connectivity index (χ2n) is 8.33. The third-order valence-corrected chi connectivity index (χ3v) is 5.20. The number of hydrogen-bond acceptors (Lipinski definition) is 3. The van der Waals surface area contributed by atoms with Gasteiger partial charge in [0.05, 0.1) is 7.11 Å². The van der Waals surface area contributed by atoms with Crippen LogP contribution in [0, 0.1) is 10.8 Å². The molecule has 2 aliphatic rings. The highest BCUT2D eigenvalue weighted by molar-refractivity contribution is 6.39. The van der Waals surface area contributed by atoms with Crippen LogP contribution in [-0.4, -0.2) is 36.4 Å². The second kappa shape index (κ2) is 5.80. The predicted octanol–water partition coefficient (Wildman–Crippen LogP) is 3.06. The minimum atomic E-state index is -0.572. The lowest BCUT2D eigenvalue weighted by molar-refractivity contribution is -0.144. The van der Waals surface area contributed by atoms with Gasteiger partial charge in [0.15, 0.2) is 0 Å². The van der Waals surface area contributed by atoms with E-state index in [9.17, 15) is 9.59 Å². The average Bonchev–Trinajstić information content (AvgIpc) is 2.75. The summed E-state index contributed by atoms with van der Waals surface area (Å²) < 4.78 is 5.14. The normalized spacial score (nSPS) is 27.7. The smallest absolute Gasteiger partial charge is 0.313 e. The zero-order chi connectivity index (χ0) is 17.5. The fraction of sp³-hybridized carbons (Fsp3) is 0.579. The Bertz CT molecular complexity index is 670. The maximum absolute atomic E-state index is 12.7. The van der Waals surface area contributed by atoms with E-state index >= 15 is 0 Å². The summed E-state index contributed by atoms with van der Waals surface area (Å²) in [6.45, 7) is 7.41. The molecule has 130 valence electrons. The first kappa shape index (κ1) is 16.8. The molecule has 0 spiro atoms. The van der Waals surface area contributed by atoms with Gasteiger partial charge in [0.2, 0.25) is 0 Å². The Hall–Kier alpha value is -2.04. The standard InChI is InChI=1S/C19H26N2O3/c1-18(2)9-14-10-19(3,11-18)12-21(14)17(23)16(22)20-13-6-5-7-15(8-13)24-4/h5-8,14H,9-12H2,1-4H3,(H,20,22). The monoisotopic (exact) mass is 330 g/mol. The summed E-state index contributed by atoms with van der Waals surface area (Å²) in [6.07, 6.45) is 3.05. The molecule has 0 radical (unpaired) electrons. The van der Waals surface area contributed by atoms with Gasteiger partial charge in [-0.3, -0.25) is 9.59 Å². The van der Waals surface area contributed by atoms with Crippen molar-refractivity contribution in [3.05, 3.63) is 24.3 Å². The van der Waals surface area contributed by atoms with Crippen molar-refractivity contribution in [1.82, 2.24) is 4.90 Å². The highest BCUT2D eigenvalue weighted by Gasteiger charge is 2.51. The fourth-order valence-corrected chi connectivity index (χ4v) is 4.71. The minimum Gasteiger partial charge on any atom is -0.497 e. The lowest BCUT2D eigenvalue weighted by atomic mass is 9.65. The molecule has 1 saturated heterocycles. The van der Waals surface area contributed by atoms with Gasteiger partial charge < -0.3 is 15.0 Å². The van der Waals surface area contributed by atoms with Crippen molar-refractivity contribution in [3.8, 4) is 5.75 Å². The van der Waals surface area contributed by atoms with Crippen LogP contribution in [0.1, 0.15) is 40.0 Å². The molecular formula is C19H26N2O3. The Morgan fingerprint density at radius 2 is 2.00 bits per heavy atom. The summed E-state index contributed by atoms with van der Waals surface area (Å²) in [5.41, 5.74) is 0.912. The van der Waals surface area contributed by atoms with Crippen LogP contribution in [-0.2, 0) is 9.59 Å². The summed E-state index contributed by atoms with van der Waals surface area (Å²) in [4.78, 5) is 26.9. The van der Waals surface area contributed by atoms with Crippen molar-refractivity contribution in [2.75, 3.05) is 19.0 Å². The number of rotatable bonds is 2. The minimum absolute atomic E-state index is 0.123. The van der Waals surface area contributed by atoms with Crippen LogP contribution in [0.3, 0.4) is 0 Å². The quantitative estimate of drug-likeness (QED) is 0.848. The van der Waals surface area contributed by atoms with E-state index in [-0.39, 0.29) is 16.9 Å². The Labute approximate surface area is 143 Å². The van der Waals surface area contributed by atoms with Crippen molar-refractivity contribution < 1.29 is 14.3 Å². The maximum atomic E-state index is 12.7. The van der Waals surface area contributed by atoms with Crippen molar-refractivity contribution in [2.24, 2.45) is 10.8 Å². The number of methoxy groups -OCH3 is 1. The number of likely N-dealkylation sites (tertiary alicyclic amines) is 1. The van der Waals surface area contributed by atoms with Gasteiger partial charge in [-0.25, -0.2) is 0 Å². The number of carbonyl (C=O) groups is 2. The number of benzene rings is 1. The molecule has 2 bridgehead atoms. The van der Waals surface area contributed by atoms with Crippen LogP contribution < -0.4 is 10.1 Å². The van der Waals surface area contributed by atoms with Crippen molar-refractivity contribution in [1.29, 1.82) is 0 Å². The number of amides is 2. The van der Waals surface area contributed by atoms with Crippen molar-refractivity contribution >= 4 is 17.5 Å². The van der Waals surface area contributed by atoms with E-state index in [0.29, 0.717) is 18.0 Å². The Kier molecular flexibility index (Phi) is 4.06. The number of carbonyl (C=O) groups excluding carboxylic acids is 2. The van der Waals surface area contributed by atoms with E-state index in [1.807, 2.05) is 0 Å². The van der Waals surface area contributed by atoms with E-state index in [1.54, 1.807) is 36.3 Å². The van der Waals surface area contributed by atoms with E-state index in [0.717, 1.165) is 19.3 Å². The van der Waals surface area contributed by atoms with E-state index in [4.69, 9.17) is 4.74 Å². The molecule has 3 rings (SSSR count).